The Bertz CT molecular complexity index is 541. The van der Waals surface area contributed by atoms with Gasteiger partial charge in [0.2, 0.25) is 0 Å². The number of nitrogens with one attached hydrogen (secondary N) is 1. The monoisotopic (exact) mass is 289 g/mol. The molecule has 0 atom stereocenters. The zero-order chi connectivity index (χ0) is 13.1. The van der Waals surface area contributed by atoms with Crippen molar-refractivity contribution in [3.8, 4) is 10.4 Å². The predicted octanol–water partition coefficient (Wildman–Crippen LogP) is 4.74. The van der Waals surface area contributed by atoms with E-state index in [1.54, 1.807) is 0 Å². The minimum atomic E-state index is 0.742. The summed E-state index contributed by atoms with van der Waals surface area (Å²) in [7, 11) is 0. The highest BCUT2D eigenvalue weighted by molar-refractivity contribution is 7.80. The molecule has 1 saturated carbocycles. The average molecular weight is 289 g/mol. The first kappa shape index (κ1) is 13.2. The van der Waals surface area contributed by atoms with E-state index in [0.29, 0.717) is 0 Å². The van der Waals surface area contributed by atoms with Crippen molar-refractivity contribution >= 4 is 24.0 Å². The lowest BCUT2D eigenvalue weighted by Crippen LogP contribution is -2.24. The topological polar surface area (TPSA) is 12.0 Å². The van der Waals surface area contributed by atoms with Crippen LogP contribution in [-0.2, 0) is 6.54 Å². The Morgan fingerprint density at radius 3 is 2.79 bits per heavy atom. The summed E-state index contributed by atoms with van der Waals surface area (Å²) < 4.78 is 0. The van der Waals surface area contributed by atoms with Crippen LogP contribution in [0.3, 0.4) is 0 Å². The van der Waals surface area contributed by atoms with Crippen LogP contribution in [0.15, 0.2) is 41.3 Å². The molecule has 19 heavy (non-hydrogen) atoms. The van der Waals surface area contributed by atoms with Gasteiger partial charge in [-0.15, -0.1) is 24.0 Å². The van der Waals surface area contributed by atoms with Gasteiger partial charge in [-0.05, 0) is 42.7 Å². The van der Waals surface area contributed by atoms with E-state index in [-0.39, 0.29) is 0 Å². The maximum Gasteiger partial charge on any atom is 0.0346 e. The number of thiol groups is 1. The zero-order valence-corrected chi connectivity index (χ0v) is 12.6. The summed E-state index contributed by atoms with van der Waals surface area (Å²) in [5.41, 5.74) is 1.27. The fourth-order valence-corrected chi connectivity index (χ4v) is 3.84. The minimum Gasteiger partial charge on any atom is -0.309 e. The van der Waals surface area contributed by atoms with Crippen LogP contribution < -0.4 is 5.32 Å². The average Bonchev–Trinajstić information content (AvgIpc) is 3.08. The molecule has 0 spiro atoms. The largest absolute Gasteiger partial charge is 0.309 e. The predicted molar refractivity (Wildman–Crippen MR) is 86.1 cm³/mol. The third-order valence-corrected chi connectivity index (χ3v) is 5.12. The van der Waals surface area contributed by atoms with E-state index in [2.05, 4.69) is 48.3 Å². The first-order valence-corrected chi connectivity index (χ1v) is 8.19. The molecular weight excluding hydrogens is 270 g/mol. The molecule has 0 amide bonds. The molecule has 1 fully saturated rings. The number of hydrogen-bond donors (Lipinski definition) is 2. The molecule has 3 rings (SSSR count). The molecule has 0 saturated heterocycles. The first-order valence-electron chi connectivity index (χ1n) is 6.93. The van der Waals surface area contributed by atoms with Crippen LogP contribution in [0.1, 0.15) is 30.6 Å². The van der Waals surface area contributed by atoms with Gasteiger partial charge in [-0.1, -0.05) is 25.0 Å². The second-order valence-electron chi connectivity index (χ2n) is 5.18. The molecular formula is C16H19NS2. The van der Waals surface area contributed by atoms with Gasteiger partial charge in [0.1, 0.15) is 0 Å². The standard InChI is InChI=1S/C16H19NS2/c18-14-7-3-4-12(10-14)16-9-8-15(19-16)11-17-13-5-1-2-6-13/h3-4,7-10,13,17-18H,1-2,5-6,11H2. The normalized spacial score (nSPS) is 16.1. The molecule has 0 unspecified atom stereocenters. The third kappa shape index (κ3) is 3.41. The molecule has 0 bridgehead atoms. The lowest BCUT2D eigenvalue weighted by atomic mass is 10.2. The summed E-state index contributed by atoms with van der Waals surface area (Å²) in [6.07, 6.45) is 5.48. The molecule has 2 aromatic rings. The third-order valence-electron chi connectivity index (χ3n) is 3.71. The molecule has 1 heterocycles. The number of hydrogen-bond acceptors (Lipinski definition) is 3. The van der Waals surface area contributed by atoms with Crippen LogP contribution in [0.5, 0.6) is 0 Å². The lowest BCUT2D eigenvalue weighted by molar-refractivity contribution is 0.527. The summed E-state index contributed by atoms with van der Waals surface area (Å²) in [5.74, 6) is 0. The molecule has 0 radical (unpaired) electrons. The second kappa shape index (κ2) is 6.12. The number of benzene rings is 1. The van der Waals surface area contributed by atoms with E-state index in [9.17, 15) is 0 Å². The number of rotatable bonds is 4. The van der Waals surface area contributed by atoms with Crippen molar-refractivity contribution < 1.29 is 0 Å². The van der Waals surface area contributed by atoms with Crippen molar-refractivity contribution in [2.45, 2.75) is 43.2 Å². The molecule has 1 N–H and O–H groups in total. The lowest BCUT2D eigenvalue weighted by Gasteiger charge is -2.09. The highest BCUT2D eigenvalue weighted by Crippen LogP contribution is 2.29. The van der Waals surface area contributed by atoms with Crippen LogP contribution in [0.25, 0.3) is 10.4 Å². The molecule has 1 aromatic heterocycles. The number of thiophene rings is 1. The molecule has 3 heteroatoms. The van der Waals surface area contributed by atoms with Gasteiger partial charge in [0.05, 0.1) is 0 Å². The summed E-state index contributed by atoms with van der Waals surface area (Å²) in [5, 5.41) is 3.67. The van der Waals surface area contributed by atoms with Gasteiger partial charge < -0.3 is 5.32 Å². The summed E-state index contributed by atoms with van der Waals surface area (Å²) in [6.45, 7) is 1.01. The quantitative estimate of drug-likeness (QED) is 0.775. The smallest absolute Gasteiger partial charge is 0.0346 e. The van der Waals surface area contributed by atoms with Crippen molar-refractivity contribution in [1.29, 1.82) is 0 Å². The fourth-order valence-electron chi connectivity index (χ4n) is 2.66. The van der Waals surface area contributed by atoms with E-state index in [4.69, 9.17) is 0 Å². The van der Waals surface area contributed by atoms with E-state index in [1.807, 2.05) is 17.4 Å². The molecule has 1 aromatic carbocycles. The van der Waals surface area contributed by atoms with Gasteiger partial charge in [0, 0.05) is 27.2 Å². The van der Waals surface area contributed by atoms with Gasteiger partial charge in [-0.2, -0.15) is 0 Å². The SMILES string of the molecule is Sc1cccc(-c2ccc(CNC3CCCC3)s2)c1. The first-order chi connectivity index (χ1) is 9.31. The molecule has 1 aliphatic carbocycles. The van der Waals surface area contributed by atoms with Crippen molar-refractivity contribution in [1.82, 2.24) is 5.32 Å². The zero-order valence-electron chi connectivity index (χ0n) is 10.9. The van der Waals surface area contributed by atoms with Crippen molar-refractivity contribution in [3.05, 3.63) is 41.3 Å². The summed E-state index contributed by atoms with van der Waals surface area (Å²) in [4.78, 5) is 3.78. The van der Waals surface area contributed by atoms with Gasteiger partial charge >= 0.3 is 0 Å². The van der Waals surface area contributed by atoms with E-state index in [1.165, 1.54) is 41.0 Å². The Kier molecular flexibility index (Phi) is 4.26. The second-order valence-corrected chi connectivity index (χ2v) is 6.86. The Morgan fingerprint density at radius 1 is 1.16 bits per heavy atom. The molecule has 0 aliphatic heterocycles. The summed E-state index contributed by atoms with van der Waals surface area (Å²) in [6, 6.07) is 13.6. The van der Waals surface area contributed by atoms with Crippen molar-refractivity contribution in [3.63, 3.8) is 0 Å². The molecule has 1 nitrogen and oxygen atoms in total. The maximum absolute atomic E-state index is 4.40. The van der Waals surface area contributed by atoms with Crippen LogP contribution in [0.2, 0.25) is 0 Å². The fraction of sp³-hybridized carbons (Fsp3) is 0.375. The van der Waals surface area contributed by atoms with E-state index < -0.39 is 0 Å². The van der Waals surface area contributed by atoms with Gasteiger partial charge in [-0.25, -0.2) is 0 Å². The van der Waals surface area contributed by atoms with Crippen LogP contribution in [-0.4, -0.2) is 6.04 Å². The Labute approximate surface area is 124 Å². The highest BCUT2D eigenvalue weighted by atomic mass is 32.1. The van der Waals surface area contributed by atoms with Gasteiger partial charge in [0.15, 0.2) is 0 Å². The van der Waals surface area contributed by atoms with Crippen LogP contribution in [0, 0.1) is 0 Å². The molecule has 100 valence electrons. The maximum atomic E-state index is 4.40. The summed E-state index contributed by atoms with van der Waals surface area (Å²) >= 11 is 6.29. The Balaban J connectivity index is 1.65. The van der Waals surface area contributed by atoms with Crippen molar-refractivity contribution in [2.75, 3.05) is 0 Å². The van der Waals surface area contributed by atoms with E-state index in [0.717, 1.165) is 17.5 Å². The molecule has 1 aliphatic rings. The van der Waals surface area contributed by atoms with Gasteiger partial charge in [0.25, 0.3) is 0 Å². The van der Waals surface area contributed by atoms with E-state index >= 15 is 0 Å². The minimum absolute atomic E-state index is 0.742. The van der Waals surface area contributed by atoms with Crippen molar-refractivity contribution in [2.24, 2.45) is 0 Å². The van der Waals surface area contributed by atoms with Crippen LogP contribution in [0.4, 0.5) is 0 Å². The highest BCUT2D eigenvalue weighted by Gasteiger charge is 2.14. The van der Waals surface area contributed by atoms with Crippen LogP contribution >= 0.6 is 24.0 Å². The van der Waals surface area contributed by atoms with Gasteiger partial charge in [-0.3, -0.25) is 0 Å². The Morgan fingerprint density at radius 2 is 2.00 bits per heavy atom. The Hall–Kier alpha value is -0.770.